The quantitative estimate of drug-likeness (QED) is 0.542. The van der Waals surface area contributed by atoms with Crippen LogP contribution in [0.25, 0.3) is 0 Å². The van der Waals surface area contributed by atoms with E-state index in [9.17, 15) is 10.2 Å². The maximum absolute atomic E-state index is 9.50. The third-order valence-corrected chi connectivity index (χ3v) is 1.94. The van der Waals surface area contributed by atoms with Gasteiger partial charge in [-0.2, -0.15) is 0 Å². The van der Waals surface area contributed by atoms with Crippen molar-refractivity contribution in [3.63, 3.8) is 0 Å². The molecular formula is C12H10O2. The van der Waals surface area contributed by atoms with Crippen molar-refractivity contribution in [1.29, 1.82) is 0 Å². The number of rotatable bonds is 2. The van der Waals surface area contributed by atoms with Crippen molar-refractivity contribution in [3.8, 4) is 36.2 Å². The molecule has 1 aromatic carbocycles. The zero-order valence-electron chi connectivity index (χ0n) is 7.62. The zero-order chi connectivity index (χ0) is 10.6. The molecule has 2 heteroatoms. The molecule has 0 saturated heterocycles. The van der Waals surface area contributed by atoms with Gasteiger partial charge in [-0.25, -0.2) is 0 Å². The monoisotopic (exact) mass is 186 g/mol. The fourth-order valence-electron chi connectivity index (χ4n) is 1.27. The van der Waals surface area contributed by atoms with Crippen molar-refractivity contribution in [1.82, 2.24) is 0 Å². The molecule has 0 radical (unpaired) electrons. The molecule has 0 aliphatic rings. The van der Waals surface area contributed by atoms with E-state index in [4.69, 9.17) is 12.8 Å². The third-order valence-electron chi connectivity index (χ3n) is 1.94. The van der Waals surface area contributed by atoms with E-state index in [-0.39, 0.29) is 24.3 Å². The maximum Gasteiger partial charge on any atom is 0.120 e. The van der Waals surface area contributed by atoms with Crippen LogP contribution in [-0.2, 0) is 12.8 Å². The number of terminal acetylenes is 2. The predicted octanol–water partition coefficient (Wildman–Crippen LogP) is 1.45. The highest BCUT2D eigenvalue weighted by Gasteiger charge is 2.10. The Morgan fingerprint density at radius 2 is 1.29 bits per heavy atom. The zero-order valence-corrected chi connectivity index (χ0v) is 7.62. The van der Waals surface area contributed by atoms with Crippen molar-refractivity contribution in [2.24, 2.45) is 0 Å². The topological polar surface area (TPSA) is 40.5 Å². The molecule has 0 saturated carbocycles. The molecule has 70 valence electrons. The third kappa shape index (κ3) is 1.81. The van der Waals surface area contributed by atoms with Crippen LogP contribution in [0.4, 0.5) is 0 Å². The Labute approximate surface area is 83.2 Å². The highest BCUT2D eigenvalue weighted by molar-refractivity contribution is 5.50. The molecule has 0 aliphatic carbocycles. The molecule has 14 heavy (non-hydrogen) atoms. The molecule has 1 rings (SSSR count). The van der Waals surface area contributed by atoms with Gasteiger partial charge in [0.15, 0.2) is 0 Å². The van der Waals surface area contributed by atoms with Gasteiger partial charge in [-0.1, -0.05) is 0 Å². The lowest BCUT2D eigenvalue weighted by Crippen LogP contribution is -1.93. The first kappa shape index (κ1) is 10.0. The van der Waals surface area contributed by atoms with E-state index >= 15 is 0 Å². The molecule has 2 nitrogen and oxygen atoms in total. The minimum atomic E-state index is 0.0750. The summed E-state index contributed by atoms with van der Waals surface area (Å²) in [6.07, 6.45) is 10.8. The lowest BCUT2D eigenvalue weighted by molar-refractivity contribution is 0.451. The first-order valence-electron chi connectivity index (χ1n) is 4.10. The van der Waals surface area contributed by atoms with Crippen molar-refractivity contribution in [2.45, 2.75) is 12.8 Å². The summed E-state index contributed by atoms with van der Waals surface area (Å²) in [4.78, 5) is 0. The summed E-state index contributed by atoms with van der Waals surface area (Å²) in [6, 6.07) is 2.81. The van der Waals surface area contributed by atoms with Crippen LogP contribution in [0.1, 0.15) is 11.1 Å². The molecule has 0 atom stereocenters. The second-order valence-corrected chi connectivity index (χ2v) is 2.82. The summed E-state index contributed by atoms with van der Waals surface area (Å²) in [5, 5.41) is 19.0. The average molecular weight is 186 g/mol. The van der Waals surface area contributed by atoms with Gasteiger partial charge < -0.3 is 10.2 Å². The molecule has 0 heterocycles. The van der Waals surface area contributed by atoms with Crippen LogP contribution in [0.2, 0.25) is 0 Å². The van der Waals surface area contributed by atoms with E-state index in [1.807, 2.05) is 0 Å². The normalized spacial score (nSPS) is 9.00. The molecule has 0 amide bonds. The van der Waals surface area contributed by atoms with Crippen molar-refractivity contribution in [2.75, 3.05) is 0 Å². The molecular weight excluding hydrogens is 176 g/mol. The van der Waals surface area contributed by atoms with Crippen LogP contribution in [-0.4, -0.2) is 10.2 Å². The summed E-state index contributed by atoms with van der Waals surface area (Å²) >= 11 is 0. The standard InChI is InChI=1S/C12H10O2/c1-3-5-9-10(6-4-2)12(14)8-7-11(9)13/h1-2,7-8,13-14H,5-6H2. The first-order valence-corrected chi connectivity index (χ1v) is 4.10. The van der Waals surface area contributed by atoms with Crippen molar-refractivity contribution < 1.29 is 10.2 Å². The van der Waals surface area contributed by atoms with Crippen LogP contribution in [0.15, 0.2) is 12.1 Å². The lowest BCUT2D eigenvalue weighted by atomic mass is 10.00. The molecule has 0 unspecified atom stereocenters. The van der Waals surface area contributed by atoms with Gasteiger partial charge in [0.05, 0.1) is 0 Å². The van der Waals surface area contributed by atoms with Crippen molar-refractivity contribution in [3.05, 3.63) is 23.3 Å². The molecule has 0 bridgehead atoms. The molecule has 0 aromatic heterocycles. The van der Waals surface area contributed by atoms with E-state index in [1.54, 1.807) is 0 Å². The SMILES string of the molecule is C#CCc1c(O)ccc(O)c1CC#C. The van der Waals surface area contributed by atoms with Crippen LogP contribution >= 0.6 is 0 Å². The number of hydrogen-bond donors (Lipinski definition) is 2. The second-order valence-electron chi connectivity index (χ2n) is 2.82. The Bertz CT molecular complexity index is 378. The number of benzene rings is 1. The average Bonchev–Trinajstić information content (AvgIpc) is 2.17. The Morgan fingerprint density at radius 1 is 0.929 bits per heavy atom. The molecule has 0 aliphatic heterocycles. The molecule has 2 N–H and O–H groups in total. The fourth-order valence-corrected chi connectivity index (χ4v) is 1.27. The fraction of sp³-hybridized carbons (Fsp3) is 0.167. The van der Waals surface area contributed by atoms with E-state index in [0.29, 0.717) is 11.1 Å². The Balaban J connectivity index is 3.29. The maximum atomic E-state index is 9.50. The highest BCUT2D eigenvalue weighted by atomic mass is 16.3. The van der Waals surface area contributed by atoms with Gasteiger partial charge in [0.25, 0.3) is 0 Å². The predicted molar refractivity (Wildman–Crippen MR) is 54.8 cm³/mol. The number of phenolic OH excluding ortho intramolecular Hbond substituents is 2. The number of hydrogen-bond acceptors (Lipinski definition) is 2. The Kier molecular flexibility index (Phi) is 3.05. The van der Waals surface area contributed by atoms with E-state index < -0.39 is 0 Å². The van der Waals surface area contributed by atoms with Crippen LogP contribution in [0.5, 0.6) is 11.5 Å². The Morgan fingerprint density at radius 3 is 1.57 bits per heavy atom. The van der Waals surface area contributed by atoms with Gasteiger partial charge >= 0.3 is 0 Å². The first-order chi connectivity index (χ1) is 6.70. The van der Waals surface area contributed by atoms with Gasteiger partial charge in [-0.15, -0.1) is 24.7 Å². The summed E-state index contributed by atoms with van der Waals surface area (Å²) in [7, 11) is 0. The summed E-state index contributed by atoms with van der Waals surface area (Å²) in [6.45, 7) is 0. The molecule has 0 spiro atoms. The van der Waals surface area contributed by atoms with Crippen molar-refractivity contribution >= 4 is 0 Å². The number of aromatic hydroxyl groups is 2. The summed E-state index contributed by atoms with van der Waals surface area (Å²) in [5.41, 5.74) is 1.07. The van der Waals surface area contributed by atoms with E-state index in [0.717, 1.165) is 0 Å². The van der Waals surface area contributed by atoms with Crippen LogP contribution in [0, 0.1) is 24.7 Å². The minimum Gasteiger partial charge on any atom is -0.508 e. The molecule has 0 fully saturated rings. The van der Waals surface area contributed by atoms with Crippen LogP contribution < -0.4 is 0 Å². The van der Waals surface area contributed by atoms with Crippen LogP contribution in [0.3, 0.4) is 0 Å². The van der Waals surface area contributed by atoms with Gasteiger partial charge in [0.2, 0.25) is 0 Å². The smallest absolute Gasteiger partial charge is 0.120 e. The highest BCUT2D eigenvalue weighted by Crippen LogP contribution is 2.29. The molecule has 1 aromatic rings. The van der Waals surface area contributed by atoms with Gasteiger partial charge in [-0.3, -0.25) is 0 Å². The van der Waals surface area contributed by atoms with E-state index in [2.05, 4.69) is 11.8 Å². The summed E-state index contributed by atoms with van der Waals surface area (Å²) < 4.78 is 0. The van der Waals surface area contributed by atoms with Gasteiger partial charge in [-0.05, 0) is 12.1 Å². The van der Waals surface area contributed by atoms with Gasteiger partial charge in [0.1, 0.15) is 11.5 Å². The van der Waals surface area contributed by atoms with Gasteiger partial charge in [0, 0.05) is 24.0 Å². The van der Waals surface area contributed by atoms with E-state index in [1.165, 1.54) is 12.1 Å². The Hall–Kier alpha value is -2.06. The number of phenols is 2. The minimum absolute atomic E-state index is 0.0750. The largest absolute Gasteiger partial charge is 0.508 e. The second kappa shape index (κ2) is 4.25. The lowest BCUT2D eigenvalue weighted by Gasteiger charge is -2.08. The summed E-state index contributed by atoms with van der Waals surface area (Å²) in [5.74, 6) is 4.97.